The van der Waals surface area contributed by atoms with Gasteiger partial charge in [0.1, 0.15) is 12.4 Å². The highest BCUT2D eigenvalue weighted by molar-refractivity contribution is 7.91. The first kappa shape index (κ1) is 16.3. The average molecular weight is 306 g/mol. The van der Waals surface area contributed by atoms with Gasteiger partial charge in [0.15, 0.2) is 9.84 Å². The van der Waals surface area contributed by atoms with Crippen molar-refractivity contribution in [2.45, 2.75) is 32.1 Å². The smallest absolute Gasteiger partial charge is 0.155 e. The van der Waals surface area contributed by atoms with Gasteiger partial charge >= 0.3 is 0 Å². The zero-order chi connectivity index (χ0) is 14.6. The third kappa shape index (κ3) is 4.67. The van der Waals surface area contributed by atoms with Crippen LogP contribution in [0, 0.1) is 0 Å². The topological polar surface area (TPSA) is 69.4 Å². The van der Waals surface area contributed by atoms with Crippen molar-refractivity contribution in [1.82, 2.24) is 0 Å². The first-order valence-corrected chi connectivity index (χ1v) is 8.22. The molecule has 6 heteroatoms. The van der Waals surface area contributed by atoms with E-state index in [0.717, 1.165) is 5.56 Å². The number of nitrogens with two attached hydrogens (primary N) is 1. The fourth-order valence-corrected chi connectivity index (χ4v) is 2.48. The Bertz CT molecular complexity index is 527. The zero-order valence-corrected chi connectivity index (χ0v) is 13.0. The average Bonchev–Trinajstić information content (AvgIpc) is 2.30. The summed E-state index contributed by atoms with van der Waals surface area (Å²) in [5.41, 5.74) is 6.60. The molecule has 1 aromatic carbocycles. The van der Waals surface area contributed by atoms with Crippen LogP contribution >= 0.6 is 11.6 Å². The molecule has 0 saturated heterocycles. The van der Waals surface area contributed by atoms with Crippen molar-refractivity contribution in [3.63, 3.8) is 0 Å². The molecule has 0 radical (unpaired) electrons. The number of ether oxygens (including phenoxy) is 1. The number of halogens is 1. The first-order chi connectivity index (χ1) is 8.74. The molecule has 0 spiro atoms. The lowest BCUT2D eigenvalue weighted by Gasteiger charge is -2.15. The largest absolute Gasteiger partial charge is 0.492 e. The Kier molecular flexibility index (Phi) is 5.64. The van der Waals surface area contributed by atoms with Crippen molar-refractivity contribution in [1.29, 1.82) is 0 Å². The fraction of sp³-hybridized carbons (Fsp3) is 0.538. The second-order valence-corrected chi connectivity index (χ2v) is 7.85. The van der Waals surface area contributed by atoms with Gasteiger partial charge in [-0.05, 0) is 39.0 Å². The van der Waals surface area contributed by atoms with Gasteiger partial charge in [-0.15, -0.1) is 0 Å². The van der Waals surface area contributed by atoms with E-state index in [9.17, 15) is 8.42 Å². The number of rotatable bonds is 6. The van der Waals surface area contributed by atoms with Gasteiger partial charge in [-0.25, -0.2) is 8.42 Å². The summed E-state index contributed by atoms with van der Waals surface area (Å²) >= 11 is 5.90. The summed E-state index contributed by atoms with van der Waals surface area (Å²) in [5.74, 6) is 0.574. The van der Waals surface area contributed by atoms with Crippen molar-refractivity contribution < 1.29 is 13.2 Å². The molecule has 1 aromatic rings. The maximum Gasteiger partial charge on any atom is 0.155 e. The Morgan fingerprint density at radius 2 is 1.95 bits per heavy atom. The zero-order valence-electron chi connectivity index (χ0n) is 11.4. The molecule has 108 valence electrons. The molecule has 0 heterocycles. The standard InChI is InChI=1S/C13H20ClNO3S/c1-9(2)19(16,17)7-6-18-13-5-4-11(14)8-12(13)10(3)15/h4-5,8-10H,6-7,15H2,1-3H3/t10-/m0/s1. The van der Waals surface area contributed by atoms with Crippen molar-refractivity contribution in [2.75, 3.05) is 12.4 Å². The summed E-state index contributed by atoms with van der Waals surface area (Å²) in [6.45, 7) is 5.25. The van der Waals surface area contributed by atoms with Gasteiger partial charge in [-0.2, -0.15) is 0 Å². The van der Waals surface area contributed by atoms with E-state index in [0.29, 0.717) is 10.8 Å². The molecule has 4 nitrogen and oxygen atoms in total. The molecule has 0 fully saturated rings. The molecule has 2 N–H and O–H groups in total. The van der Waals surface area contributed by atoms with Gasteiger partial charge in [0.05, 0.1) is 11.0 Å². The quantitative estimate of drug-likeness (QED) is 0.877. The molecular formula is C13H20ClNO3S. The number of sulfone groups is 1. The highest BCUT2D eigenvalue weighted by atomic mass is 35.5. The lowest BCUT2D eigenvalue weighted by atomic mass is 10.1. The lowest BCUT2D eigenvalue weighted by molar-refractivity contribution is 0.335. The maximum absolute atomic E-state index is 11.7. The van der Waals surface area contributed by atoms with Crippen LogP contribution in [0.5, 0.6) is 5.75 Å². The normalized spacial score (nSPS) is 13.6. The third-order valence-electron chi connectivity index (χ3n) is 2.81. The van der Waals surface area contributed by atoms with E-state index in [1.165, 1.54) is 0 Å². The van der Waals surface area contributed by atoms with Crippen LogP contribution in [0.4, 0.5) is 0 Å². The monoisotopic (exact) mass is 305 g/mol. The predicted octanol–water partition coefficient (Wildman–Crippen LogP) is 2.56. The molecule has 0 amide bonds. The summed E-state index contributed by atoms with van der Waals surface area (Å²) in [6, 6.07) is 4.91. The van der Waals surface area contributed by atoms with E-state index in [1.807, 2.05) is 6.92 Å². The van der Waals surface area contributed by atoms with E-state index >= 15 is 0 Å². The van der Waals surface area contributed by atoms with Crippen LogP contribution in [-0.4, -0.2) is 26.0 Å². The molecule has 0 aliphatic carbocycles. The highest BCUT2D eigenvalue weighted by Crippen LogP contribution is 2.27. The van der Waals surface area contributed by atoms with E-state index in [2.05, 4.69) is 0 Å². The van der Waals surface area contributed by atoms with Crippen LogP contribution < -0.4 is 10.5 Å². The molecule has 0 aliphatic rings. The minimum atomic E-state index is -3.09. The van der Waals surface area contributed by atoms with Gasteiger partial charge in [-0.3, -0.25) is 0 Å². The van der Waals surface area contributed by atoms with Gasteiger partial charge in [0.25, 0.3) is 0 Å². The third-order valence-corrected chi connectivity index (χ3v) is 5.21. The van der Waals surface area contributed by atoms with E-state index < -0.39 is 15.1 Å². The fourth-order valence-electron chi connectivity index (χ4n) is 1.51. The maximum atomic E-state index is 11.7. The van der Waals surface area contributed by atoms with Crippen molar-refractivity contribution in [3.8, 4) is 5.75 Å². The molecule has 0 bridgehead atoms. The molecule has 1 rings (SSSR count). The number of hydrogen-bond donors (Lipinski definition) is 1. The Morgan fingerprint density at radius 3 is 2.47 bits per heavy atom. The summed E-state index contributed by atoms with van der Waals surface area (Å²) in [6.07, 6.45) is 0. The SMILES string of the molecule is CC(C)S(=O)(=O)CCOc1ccc(Cl)cc1[C@H](C)N. The Labute approximate surface area is 119 Å². The minimum Gasteiger partial charge on any atom is -0.492 e. The van der Waals surface area contributed by atoms with E-state index in [4.69, 9.17) is 22.1 Å². The molecular weight excluding hydrogens is 286 g/mol. The predicted molar refractivity (Wildman–Crippen MR) is 78.5 cm³/mol. The van der Waals surface area contributed by atoms with Crippen molar-refractivity contribution >= 4 is 21.4 Å². The molecule has 19 heavy (non-hydrogen) atoms. The number of benzene rings is 1. The lowest BCUT2D eigenvalue weighted by Crippen LogP contribution is -2.22. The summed E-state index contributed by atoms with van der Waals surface area (Å²) in [7, 11) is -3.09. The Balaban J connectivity index is 2.74. The van der Waals surface area contributed by atoms with Crippen molar-refractivity contribution in [3.05, 3.63) is 28.8 Å². The van der Waals surface area contributed by atoms with Gasteiger partial charge < -0.3 is 10.5 Å². The number of hydrogen-bond acceptors (Lipinski definition) is 4. The molecule has 0 unspecified atom stereocenters. The van der Waals surface area contributed by atoms with Crippen molar-refractivity contribution in [2.24, 2.45) is 5.73 Å². The molecule has 0 aliphatic heterocycles. The van der Waals surface area contributed by atoms with Gasteiger partial charge in [0.2, 0.25) is 0 Å². The second kappa shape index (κ2) is 6.59. The molecule has 0 saturated carbocycles. The van der Waals surface area contributed by atoms with Crippen LogP contribution in [0.25, 0.3) is 0 Å². The summed E-state index contributed by atoms with van der Waals surface area (Å²) < 4.78 is 28.9. The first-order valence-electron chi connectivity index (χ1n) is 6.13. The minimum absolute atomic E-state index is 0.00825. The van der Waals surface area contributed by atoms with E-state index in [-0.39, 0.29) is 18.4 Å². The van der Waals surface area contributed by atoms with Crippen LogP contribution in [0.2, 0.25) is 5.02 Å². The van der Waals surface area contributed by atoms with Gasteiger partial charge in [0, 0.05) is 16.6 Å². The molecule has 1 atom stereocenters. The van der Waals surface area contributed by atoms with Gasteiger partial charge in [-0.1, -0.05) is 11.6 Å². The Morgan fingerprint density at radius 1 is 1.32 bits per heavy atom. The summed E-state index contributed by atoms with van der Waals surface area (Å²) in [4.78, 5) is 0. The van der Waals surface area contributed by atoms with Crippen LogP contribution in [-0.2, 0) is 9.84 Å². The Hall–Kier alpha value is -0.780. The highest BCUT2D eigenvalue weighted by Gasteiger charge is 2.16. The van der Waals surface area contributed by atoms with E-state index in [1.54, 1.807) is 32.0 Å². The van der Waals surface area contributed by atoms with Crippen LogP contribution in [0.15, 0.2) is 18.2 Å². The second-order valence-electron chi connectivity index (χ2n) is 4.74. The van der Waals surface area contributed by atoms with Crippen LogP contribution in [0.1, 0.15) is 32.4 Å². The molecule has 0 aromatic heterocycles. The van der Waals surface area contributed by atoms with Crippen LogP contribution in [0.3, 0.4) is 0 Å². The summed E-state index contributed by atoms with van der Waals surface area (Å²) in [5, 5.41) is 0.184.